The molecule has 2 heterocycles. The minimum atomic E-state index is 0.733. The maximum atomic E-state index is 4.58. The molecule has 0 aliphatic carbocycles. The number of pyridine rings is 1. The molecule has 4 heteroatoms. The second-order valence-corrected chi connectivity index (χ2v) is 4.08. The lowest BCUT2D eigenvalue weighted by atomic mass is 10.3. The van der Waals surface area contributed by atoms with Crippen molar-refractivity contribution in [2.24, 2.45) is 9.98 Å². The molecular formula is C15H18N4. The fraction of sp³-hybridized carbons (Fsp3) is 0.267. The van der Waals surface area contributed by atoms with E-state index in [-0.39, 0.29) is 0 Å². The lowest BCUT2D eigenvalue weighted by Crippen LogP contribution is -2.29. The van der Waals surface area contributed by atoms with Crippen molar-refractivity contribution >= 4 is 30.0 Å². The van der Waals surface area contributed by atoms with Gasteiger partial charge in [0.05, 0.1) is 24.7 Å². The molecule has 1 aromatic rings. The van der Waals surface area contributed by atoms with E-state index in [9.17, 15) is 0 Å². The average Bonchev–Trinajstić information content (AvgIpc) is 2.46. The van der Waals surface area contributed by atoms with E-state index >= 15 is 0 Å². The molecule has 0 atom stereocenters. The van der Waals surface area contributed by atoms with Crippen LogP contribution in [0.15, 0.2) is 34.3 Å². The van der Waals surface area contributed by atoms with Crippen molar-refractivity contribution in [3.63, 3.8) is 0 Å². The monoisotopic (exact) mass is 254 g/mol. The van der Waals surface area contributed by atoms with Crippen molar-refractivity contribution in [2.45, 2.75) is 13.8 Å². The Balaban J connectivity index is 2.33. The number of amidine groups is 1. The predicted molar refractivity (Wildman–Crippen MR) is 82.2 cm³/mol. The van der Waals surface area contributed by atoms with Gasteiger partial charge in [0.2, 0.25) is 0 Å². The number of rotatable bonds is 2. The number of allylic oxidation sites excluding steroid dienone is 2. The summed E-state index contributed by atoms with van der Waals surface area (Å²) in [6.07, 6.45) is 9.77. The maximum Gasteiger partial charge on any atom is 0.144 e. The molecule has 1 aliphatic heterocycles. The highest BCUT2D eigenvalue weighted by Crippen LogP contribution is 1.97. The van der Waals surface area contributed by atoms with E-state index < -0.39 is 0 Å². The molecule has 0 amide bonds. The summed E-state index contributed by atoms with van der Waals surface area (Å²) >= 11 is 0. The van der Waals surface area contributed by atoms with Crippen LogP contribution in [0.25, 0.3) is 12.2 Å². The standard InChI is InChI=1S/C15H18N4/c1-3-5-6-13-12(4-2)7-8-14(18-13)19-15-11-16-9-10-17-15/h3-8,11H,9-10H2,1-2H3,(H,17,18,19)/b5-3-,12-4-,13-6+. The summed E-state index contributed by atoms with van der Waals surface area (Å²) in [5.74, 6) is 1.55. The van der Waals surface area contributed by atoms with E-state index in [4.69, 9.17) is 0 Å². The molecule has 1 aromatic heterocycles. The van der Waals surface area contributed by atoms with Crippen molar-refractivity contribution in [3.8, 4) is 0 Å². The summed E-state index contributed by atoms with van der Waals surface area (Å²) in [5, 5.41) is 5.24. The summed E-state index contributed by atoms with van der Waals surface area (Å²) in [5.41, 5.74) is 0. The Kier molecular flexibility index (Phi) is 4.61. The molecule has 0 radical (unpaired) electrons. The van der Waals surface area contributed by atoms with Crippen LogP contribution in [0.5, 0.6) is 0 Å². The average molecular weight is 254 g/mol. The zero-order valence-electron chi connectivity index (χ0n) is 11.3. The van der Waals surface area contributed by atoms with Crippen LogP contribution < -0.4 is 15.9 Å². The minimum Gasteiger partial charge on any atom is -0.324 e. The van der Waals surface area contributed by atoms with Gasteiger partial charge in [0, 0.05) is 0 Å². The van der Waals surface area contributed by atoms with E-state index in [2.05, 4.69) is 20.3 Å². The molecule has 1 aliphatic rings. The molecule has 0 fully saturated rings. The zero-order valence-corrected chi connectivity index (χ0v) is 11.3. The normalized spacial score (nSPS) is 17.1. The molecule has 0 spiro atoms. The van der Waals surface area contributed by atoms with E-state index in [1.54, 1.807) is 6.21 Å². The largest absolute Gasteiger partial charge is 0.324 e. The second kappa shape index (κ2) is 6.64. The Bertz CT molecular complexity index is 639. The predicted octanol–water partition coefficient (Wildman–Crippen LogP) is 1.13. The van der Waals surface area contributed by atoms with Gasteiger partial charge in [0.25, 0.3) is 0 Å². The van der Waals surface area contributed by atoms with Crippen molar-refractivity contribution in [2.75, 3.05) is 18.4 Å². The maximum absolute atomic E-state index is 4.58. The van der Waals surface area contributed by atoms with E-state index in [0.29, 0.717) is 0 Å². The van der Waals surface area contributed by atoms with Crippen LogP contribution in [0, 0.1) is 0 Å². The molecule has 4 nitrogen and oxygen atoms in total. The van der Waals surface area contributed by atoms with Crippen LogP contribution in [0.4, 0.5) is 5.82 Å². The summed E-state index contributed by atoms with van der Waals surface area (Å²) in [4.78, 5) is 13.1. The fourth-order valence-electron chi connectivity index (χ4n) is 1.74. The molecular weight excluding hydrogens is 236 g/mol. The molecule has 19 heavy (non-hydrogen) atoms. The molecule has 0 unspecified atom stereocenters. The molecule has 0 aromatic carbocycles. The number of nitrogens with one attached hydrogen (secondary N) is 1. The van der Waals surface area contributed by atoms with Crippen LogP contribution in [0.3, 0.4) is 0 Å². The zero-order chi connectivity index (χ0) is 13.5. The van der Waals surface area contributed by atoms with Gasteiger partial charge in [-0.15, -0.1) is 0 Å². The molecule has 1 N–H and O–H groups in total. The van der Waals surface area contributed by atoms with Crippen LogP contribution in [0.2, 0.25) is 0 Å². The SMILES string of the molecule is C\C=C/C=c1/nc(NC2=NCCN=C2)cc/c1=C/C. The molecule has 98 valence electrons. The van der Waals surface area contributed by atoms with Crippen LogP contribution >= 0.6 is 0 Å². The quantitative estimate of drug-likeness (QED) is 0.860. The highest BCUT2D eigenvalue weighted by molar-refractivity contribution is 6.34. The van der Waals surface area contributed by atoms with Gasteiger partial charge < -0.3 is 5.32 Å². The molecule has 0 bridgehead atoms. The van der Waals surface area contributed by atoms with Crippen LogP contribution in [-0.2, 0) is 0 Å². The second-order valence-electron chi connectivity index (χ2n) is 4.08. The van der Waals surface area contributed by atoms with Crippen LogP contribution in [-0.4, -0.2) is 30.1 Å². The van der Waals surface area contributed by atoms with Gasteiger partial charge in [-0.3, -0.25) is 9.98 Å². The van der Waals surface area contributed by atoms with E-state index in [1.807, 2.05) is 50.3 Å². The molecule has 0 saturated carbocycles. The number of hydrogen-bond acceptors (Lipinski definition) is 4. The Morgan fingerprint density at radius 2 is 2.11 bits per heavy atom. The fourth-order valence-corrected chi connectivity index (χ4v) is 1.74. The number of hydrogen-bond donors (Lipinski definition) is 1. The first-order valence-corrected chi connectivity index (χ1v) is 6.41. The van der Waals surface area contributed by atoms with Crippen molar-refractivity contribution < 1.29 is 0 Å². The Labute approximate surface area is 113 Å². The minimum absolute atomic E-state index is 0.733. The molecule has 2 rings (SSSR count). The van der Waals surface area contributed by atoms with Crippen molar-refractivity contribution in [1.82, 2.24) is 4.98 Å². The van der Waals surface area contributed by atoms with Crippen molar-refractivity contribution in [3.05, 3.63) is 34.9 Å². The van der Waals surface area contributed by atoms with E-state index in [1.165, 1.54) is 0 Å². The summed E-state index contributed by atoms with van der Waals surface area (Å²) in [6, 6.07) is 4.00. The highest BCUT2D eigenvalue weighted by atomic mass is 15.1. The highest BCUT2D eigenvalue weighted by Gasteiger charge is 2.01. The lowest BCUT2D eigenvalue weighted by Gasteiger charge is -2.08. The van der Waals surface area contributed by atoms with Gasteiger partial charge in [-0.2, -0.15) is 0 Å². The topological polar surface area (TPSA) is 49.6 Å². The van der Waals surface area contributed by atoms with Gasteiger partial charge >= 0.3 is 0 Å². The Morgan fingerprint density at radius 1 is 1.21 bits per heavy atom. The van der Waals surface area contributed by atoms with E-state index in [0.717, 1.165) is 35.3 Å². The third-order valence-electron chi connectivity index (χ3n) is 2.70. The number of aromatic nitrogens is 1. The Morgan fingerprint density at radius 3 is 2.79 bits per heavy atom. The number of aliphatic imine (C=N–C) groups is 2. The van der Waals surface area contributed by atoms with Gasteiger partial charge in [0.15, 0.2) is 0 Å². The summed E-state index contributed by atoms with van der Waals surface area (Å²) < 4.78 is 0. The number of nitrogens with zero attached hydrogens (tertiary/aromatic N) is 3. The van der Waals surface area contributed by atoms with Gasteiger partial charge in [-0.1, -0.05) is 18.2 Å². The third-order valence-corrected chi connectivity index (χ3v) is 2.70. The third kappa shape index (κ3) is 3.61. The first kappa shape index (κ1) is 13.2. The lowest BCUT2D eigenvalue weighted by molar-refractivity contribution is 0.969. The van der Waals surface area contributed by atoms with Crippen molar-refractivity contribution in [1.29, 1.82) is 0 Å². The molecule has 0 saturated heterocycles. The number of anilines is 1. The first-order valence-electron chi connectivity index (χ1n) is 6.41. The summed E-state index contributed by atoms with van der Waals surface area (Å²) in [7, 11) is 0. The Hall–Kier alpha value is -2.23. The summed E-state index contributed by atoms with van der Waals surface area (Å²) in [6.45, 7) is 5.50. The van der Waals surface area contributed by atoms with Gasteiger partial charge in [-0.05, 0) is 37.3 Å². The smallest absolute Gasteiger partial charge is 0.144 e. The van der Waals surface area contributed by atoms with Gasteiger partial charge in [-0.25, -0.2) is 4.98 Å². The first-order chi connectivity index (χ1) is 9.33. The van der Waals surface area contributed by atoms with Crippen LogP contribution in [0.1, 0.15) is 13.8 Å². The van der Waals surface area contributed by atoms with Gasteiger partial charge in [0.1, 0.15) is 11.7 Å².